The van der Waals surface area contributed by atoms with Gasteiger partial charge in [0.15, 0.2) is 12.2 Å². The monoisotopic (exact) mass is 1410 g/mol. The molecule has 5 atom stereocenters. The van der Waals surface area contributed by atoms with E-state index in [1.807, 2.05) is 0 Å². The van der Waals surface area contributed by atoms with Crippen molar-refractivity contribution in [2.24, 2.45) is 11.8 Å². The molecule has 570 valence electrons. The Hall–Kier alpha value is -1.94. The van der Waals surface area contributed by atoms with E-state index in [1.165, 1.54) is 205 Å². The fourth-order valence-electron chi connectivity index (χ4n) is 11.8. The summed E-state index contributed by atoms with van der Waals surface area (Å²) in [6.45, 7) is 9.54. The molecule has 0 bridgehead atoms. The number of unbranched alkanes of at least 4 members (excludes halogenated alkanes) is 46. The number of hydrogen-bond acceptors (Lipinski definition) is 15. The van der Waals surface area contributed by atoms with Gasteiger partial charge in [0.2, 0.25) is 0 Å². The second-order valence-corrected chi connectivity index (χ2v) is 31.6. The number of aliphatic hydroxyl groups is 1. The Labute approximate surface area is 588 Å². The van der Waals surface area contributed by atoms with Crippen LogP contribution < -0.4 is 0 Å². The van der Waals surface area contributed by atoms with E-state index in [-0.39, 0.29) is 25.7 Å². The van der Waals surface area contributed by atoms with Gasteiger partial charge in [0.25, 0.3) is 0 Å². The summed E-state index contributed by atoms with van der Waals surface area (Å²) in [4.78, 5) is 72.7. The zero-order chi connectivity index (χ0) is 70.7. The number of esters is 4. The van der Waals surface area contributed by atoms with Gasteiger partial charge >= 0.3 is 39.5 Å². The summed E-state index contributed by atoms with van der Waals surface area (Å²) < 4.78 is 68.4. The van der Waals surface area contributed by atoms with E-state index < -0.39 is 97.5 Å². The number of aliphatic hydroxyl groups excluding tert-OH is 1. The molecule has 0 amide bonds. The molecule has 96 heavy (non-hydrogen) atoms. The highest BCUT2D eigenvalue weighted by molar-refractivity contribution is 7.47. The van der Waals surface area contributed by atoms with Crippen LogP contribution >= 0.6 is 15.6 Å². The summed E-state index contributed by atoms with van der Waals surface area (Å²) in [7, 11) is -9.91. The molecule has 3 N–H and O–H groups in total. The van der Waals surface area contributed by atoms with E-state index in [1.54, 1.807) is 0 Å². The van der Waals surface area contributed by atoms with E-state index in [0.29, 0.717) is 25.7 Å². The van der Waals surface area contributed by atoms with Crippen LogP contribution in [0.4, 0.5) is 0 Å². The molecule has 0 spiro atoms. The lowest BCUT2D eigenvalue weighted by atomic mass is 10.0. The number of phosphoric ester groups is 2. The number of carbonyl (C=O) groups excluding carboxylic acids is 4. The highest BCUT2D eigenvalue weighted by Crippen LogP contribution is 2.45. The van der Waals surface area contributed by atoms with Crippen molar-refractivity contribution in [1.29, 1.82) is 0 Å². The quantitative estimate of drug-likeness (QED) is 0.0222. The van der Waals surface area contributed by atoms with Gasteiger partial charge in [0.05, 0.1) is 26.4 Å². The Morgan fingerprint density at radius 1 is 0.281 bits per heavy atom. The zero-order valence-corrected chi connectivity index (χ0v) is 64.5. The molecule has 0 aromatic rings. The molecule has 0 fully saturated rings. The predicted molar refractivity (Wildman–Crippen MR) is 391 cm³/mol. The molecule has 0 aliphatic carbocycles. The lowest BCUT2D eigenvalue weighted by Gasteiger charge is -2.21. The van der Waals surface area contributed by atoms with E-state index in [9.17, 15) is 43.2 Å². The second kappa shape index (κ2) is 68.8. The average Bonchev–Trinajstić information content (AvgIpc) is 1.22. The van der Waals surface area contributed by atoms with Gasteiger partial charge in [0.1, 0.15) is 19.3 Å². The fourth-order valence-corrected chi connectivity index (χ4v) is 13.4. The molecule has 2 unspecified atom stereocenters. The Bertz CT molecular complexity index is 1860. The first-order chi connectivity index (χ1) is 46.4. The lowest BCUT2D eigenvalue weighted by molar-refractivity contribution is -0.161. The summed E-state index contributed by atoms with van der Waals surface area (Å²) in [6, 6.07) is 0. The van der Waals surface area contributed by atoms with Gasteiger partial charge in [0, 0.05) is 25.7 Å². The number of hydrogen-bond donors (Lipinski definition) is 3. The Morgan fingerprint density at radius 3 is 0.708 bits per heavy atom. The number of phosphoric acid groups is 2. The van der Waals surface area contributed by atoms with Gasteiger partial charge in [-0.15, -0.1) is 0 Å². The first kappa shape index (κ1) is 94.1. The summed E-state index contributed by atoms with van der Waals surface area (Å²) in [5, 5.41) is 10.6. The highest BCUT2D eigenvalue weighted by atomic mass is 31.2. The summed E-state index contributed by atoms with van der Waals surface area (Å²) in [6.07, 6.45) is 57.2. The van der Waals surface area contributed by atoms with E-state index >= 15 is 0 Å². The van der Waals surface area contributed by atoms with Crippen LogP contribution in [0, 0.1) is 11.8 Å². The van der Waals surface area contributed by atoms with Crippen molar-refractivity contribution in [1.82, 2.24) is 0 Å². The first-order valence-corrected chi connectivity index (χ1v) is 43.0. The molecule has 0 saturated heterocycles. The first-order valence-electron chi connectivity index (χ1n) is 40.0. The standard InChI is InChI=1S/C77H150O17P2/c1-7-9-11-13-15-16-17-18-19-20-21-22-23-26-30-33-36-43-49-55-61-76(81)93-73(66-88-75(80)60-54-48-42-35-32-29-27-24-25-28-31-34-40-45-51-57-69(3)4)68-92-96(85,86)90-64-71(78)63-89-95(83,84)91-67-72(65-87-74(79)59-53-47-39-14-12-10-8-2)94-77(82)62-56-50-44-38-37-41-46-52-58-70(5)6/h69-73,78H,7-68H2,1-6H3,(H,83,84)(H,85,86)/t71-,72+,73+/m0/s1. The maximum absolute atomic E-state index is 13.1. The van der Waals surface area contributed by atoms with Crippen LogP contribution in [0.15, 0.2) is 0 Å². The van der Waals surface area contributed by atoms with Gasteiger partial charge in [-0.3, -0.25) is 37.3 Å². The number of carbonyl (C=O) groups is 4. The average molecular weight is 1410 g/mol. The van der Waals surface area contributed by atoms with Gasteiger partial charge < -0.3 is 33.8 Å². The van der Waals surface area contributed by atoms with Crippen molar-refractivity contribution in [3.05, 3.63) is 0 Å². The second-order valence-electron chi connectivity index (χ2n) is 28.7. The van der Waals surface area contributed by atoms with Crippen molar-refractivity contribution < 1.29 is 80.2 Å². The molecule has 19 heteroatoms. The highest BCUT2D eigenvalue weighted by Gasteiger charge is 2.30. The van der Waals surface area contributed by atoms with E-state index in [4.69, 9.17) is 37.0 Å². The molecule has 0 rings (SSSR count). The molecule has 0 radical (unpaired) electrons. The van der Waals surface area contributed by atoms with Gasteiger partial charge in [-0.2, -0.15) is 0 Å². The molecular weight excluding hydrogens is 1260 g/mol. The third kappa shape index (κ3) is 70.5. The fraction of sp³-hybridized carbons (Fsp3) is 0.948. The van der Waals surface area contributed by atoms with Crippen molar-refractivity contribution in [2.45, 2.75) is 419 Å². The normalized spacial score (nSPS) is 14.0. The van der Waals surface area contributed by atoms with Gasteiger partial charge in [-0.25, -0.2) is 9.13 Å². The van der Waals surface area contributed by atoms with Crippen molar-refractivity contribution in [2.75, 3.05) is 39.6 Å². The Morgan fingerprint density at radius 2 is 0.479 bits per heavy atom. The van der Waals surface area contributed by atoms with Crippen LogP contribution in [-0.4, -0.2) is 96.7 Å². The van der Waals surface area contributed by atoms with Crippen LogP contribution in [0.5, 0.6) is 0 Å². The number of rotatable bonds is 76. The summed E-state index contributed by atoms with van der Waals surface area (Å²) in [5.74, 6) is -0.596. The summed E-state index contributed by atoms with van der Waals surface area (Å²) >= 11 is 0. The summed E-state index contributed by atoms with van der Waals surface area (Å²) in [5.41, 5.74) is 0. The Balaban J connectivity index is 5.17. The van der Waals surface area contributed by atoms with E-state index in [2.05, 4.69) is 41.5 Å². The van der Waals surface area contributed by atoms with Crippen LogP contribution in [0.1, 0.15) is 401 Å². The molecule has 0 aromatic carbocycles. The van der Waals surface area contributed by atoms with Crippen molar-refractivity contribution in [3.63, 3.8) is 0 Å². The molecule has 0 heterocycles. The van der Waals surface area contributed by atoms with Crippen LogP contribution in [-0.2, 0) is 65.4 Å². The third-order valence-corrected chi connectivity index (χ3v) is 19.9. The third-order valence-electron chi connectivity index (χ3n) is 18.0. The SMILES string of the molecule is CCCCCCCCCCCCCCCCCCCCCCC(=O)O[C@H](COC(=O)CCCCCCCCCCCCCCCCCC(C)C)COP(=O)(O)OC[C@@H](O)COP(=O)(O)OC[C@@H](COC(=O)CCCCCCCCC)OC(=O)CCCCCCCCCCC(C)C. The van der Waals surface area contributed by atoms with Gasteiger partial charge in [-0.05, 0) is 37.5 Å². The minimum absolute atomic E-state index is 0.104. The minimum atomic E-state index is -4.96. The topological polar surface area (TPSA) is 237 Å². The van der Waals surface area contributed by atoms with Crippen LogP contribution in [0.2, 0.25) is 0 Å². The molecular formula is C77H150O17P2. The molecule has 0 aromatic heterocycles. The molecule has 0 saturated carbocycles. The predicted octanol–water partition coefficient (Wildman–Crippen LogP) is 22.7. The molecule has 0 aliphatic rings. The van der Waals surface area contributed by atoms with E-state index in [0.717, 1.165) is 115 Å². The van der Waals surface area contributed by atoms with Crippen LogP contribution in [0.25, 0.3) is 0 Å². The van der Waals surface area contributed by atoms with Crippen molar-refractivity contribution >= 4 is 39.5 Å². The van der Waals surface area contributed by atoms with Crippen molar-refractivity contribution in [3.8, 4) is 0 Å². The maximum atomic E-state index is 13.1. The Kier molecular flexibility index (Phi) is 67.4. The smallest absolute Gasteiger partial charge is 0.462 e. The maximum Gasteiger partial charge on any atom is 0.472 e. The molecule has 0 aliphatic heterocycles. The van der Waals surface area contributed by atoms with Crippen LogP contribution in [0.3, 0.4) is 0 Å². The minimum Gasteiger partial charge on any atom is -0.462 e. The molecule has 17 nitrogen and oxygen atoms in total. The largest absolute Gasteiger partial charge is 0.472 e. The number of ether oxygens (including phenoxy) is 4. The van der Waals surface area contributed by atoms with Gasteiger partial charge in [-0.1, -0.05) is 350 Å². The zero-order valence-electron chi connectivity index (χ0n) is 62.7. The lowest BCUT2D eigenvalue weighted by Crippen LogP contribution is -2.30.